The third-order valence-corrected chi connectivity index (χ3v) is 5.43. The quantitative estimate of drug-likeness (QED) is 0.445. The summed E-state index contributed by atoms with van der Waals surface area (Å²) in [6.07, 6.45) is 1.68. The number of pyridine rings is 1. The van der Waals surface area contributed by atoms with Crippen molar-refractivity contribution in [2.45, 2.75) is 12.8 Å². The topological polar surface area (TPSA) is 39.9 Å². The van der Waals surface area contributed by atoms with E-state index in [2.05, 4.69) is 66.2 Å². The molecule has 3 aromatic carbocycles. The molecule has 0 aliphatic carbocycles. The van der Waals surface area contributed by atoms with Gasteiger partial charge in [-0.25, -0.2) is 9.97 Å². The number of benzene rings is 3. The molecular formula is C24H21N3O. The van der Waals surface area contributed by atoms with Gasteiger partial charge in [-0.15, -0.1) is 0 Å². The molecule has 0 atom stereocenters. The zero-order valence-electron chi connectivity index (χ0n) is 16.0. The first-order valence-corrected chi connectivity index (χ1v) is 9.50. The van der Waals surface area contributed by atoms with Crippen LogP contribution in [0.1, 0.15) is 11.5 Å². The van der Waals surface area contributed by atoms with E-state index in [-0.39, 0.29) is 0 Å². The number of methoxy groups -OCH3 is 1. The number of fused-ring (bicyclic) bond motifs is 4. The Morgan fingerprint density at radius 2 is 1.61 bits per heavy atom. The summed E-state index contributed by atoms with van der Waals surface area (Å²) in [6.45, 7) is 0. The molecule has 0 N–H and O–H groups in total. The van der Waals surface area contributed by atoms with Crippen molar-refractivity contribution in [3.8, 4) is 5.75 Å². The fourth-order valence-corrected chi connectivity index (χ4v) is 3.90. The van der Waals surface area contributed by atoms with Gasteiger partial charge in [0.15, 0.2) is 0 Å². The number of rotatable bonds is 4. The normalized spacial score (nSPS) is 11.5. The molecule has 0 aliphatic heterocycles. The molecule has 0 radical (unpaired) electrons. The molecule has 0 bridgehead atoms. The summed E-state index contributed by atoms with van der Waals surface area (Å²) < 4.78 is 7.66. The van der Waals surface area contributed by atoms with Crippen molar-refractivity contribution in [2.75, 3.05) is 7.11 Å². The van der Waals surface area contributed by atoms with Crippen molar-refractivity contribution in [1.82, 2.24) is 14.5 Å². The number of para-hydroxylation sites is 1. The molecule has 0 aliphatic rings. The summed E-state index contributed by atoms with van der Waals surface area (Å²) in [6, 6.07) is 23.0. The van der Waals surface area contributed by atoms with Gasteiger partial charge in [0.25, 0.3) is 0 Å². The largest absolute Gasteiger partial charge is 0.494 e. The third kappa shape index (κ3) is 2.69. The van der Waals surface area contributed by atoms with Crippen LogP contribution >= 0.6 is 0 Å². The molecule has 4 nitrogen and oxygen atoms in total. The van der Waals surface area contributed by atoms with E-state index in [1.165, 1.54) is 16.3 Å². The Balaban J connectivity index is 1.50. The average molecular weight is 367 g/mol. The number of ether oxygens (including phenoxy) is 1. The van der Waals surface area contributed by atoms with Gasteiger partial charge in [-0.2, -0.15) is 0 Å². The molecule has 5 rings (SSSR count). The van der Waals surface area contributed by atoms with Crippen LogP contribution in [0.4, 0.5) is 0 Å². The Hall–Kier alpha value is -3.40. The van der Waals surface area contributed by atoms with E-state index < -0.39 is 0 Å². The molecule has 28 heavy (non-hydrogen) atoms. The van der Waals surface area contributed by atoms with E-state index in [1.54, 1.807) is 7.11 Å². The number of nitrogens with zero attached hydrogens (tertiary/aromatic N) is 3. The van der Waals surface area contributed by atoms with Crippen molar-refractivity contribution in [2.24, 2.45) is 7.05 Å². The van der Waals surface area contributed by atoms with Gasteiger partial charge in [0.2, 0.25) is 0 Å². The summed E-state index contributed by atoms with van der Waals surface area (Å²) >= 11 is 0. The van der Waals surface area contributed by atoms with Crippen LogP contribution in [0.3, 0.4) is 0 Å². The average Bonchev–Trinajstić information content (AvgIpc) is 3.07. The lowest BCUT2D eigenvalue weighted by Crippen LogP contribution is -2.02. The highest BCUT2D eigenvalue weighted by Crippen LogP contribution is 2.26. The summed E-state index contributed by atoms with van der Waals surface area (Å²) in [4.78, 5) is 9.79. The Kier molecular flexibility index (Phi) is 3.97. The van der Waals surface area contributed by atoms with E-state index in [4.69, 9.17) is 14.7 Å². The minimum Gasteiger partial charge on any atom is -0.494 e. The number of aromatic nitrogens is 3. The molecule has 0 spiro atoms. The molecule has 2 aromatic heterocycles. The lowest BCUT2D eigenvalue weighted by molar-refractivity contribution is 0.419. The van der Waals surface area contributed by atoms with Crippen LogP contribution in [0, 0.1) is 0 Å². The van der Waals surface area contributed by atoms with Gasteiger partial charge in [-0.1, -0.05) is 48.5 Å². The van der Waals surface area contributed by atoms with Gasteiger partial charge in [-0.05, 0) is 30.0 Å². The summed E-state index contributed by atoms with van der Waals surface area (Å²) in [5.41, 5.74) is 4.21. The predicted octanol–water partition coefficient (Wildman–Crippen LogP) is 5.07. The summed E-state index contributed by atoms with van der Waals surface area (Å²) in [7, 11) is 3.78. The zero-order chi connectivity index (χ0) is 19.1. The van der Waals surface area contributed by atoms with Crippen molar-refractivity contribution in [3.63, 3.8) is 0 Å². The Labute approximate surface area is 163 Å². The second kappa shape index (κ2) is 6.64. The van der Waals surface area contributed by atoms with Crippen LogP contribution in [0.5, 0.6) is 5.75 Å². The minimum atomic E-state index is 0.813. The van der Waals surface area contributed by atoms with Crippen molar-refractivity contribution in [3.05, 3.63) is 78.2 Å². The first-order valence-electron chi connectivity index (χ1n) is 9.50. The second-order valence-corrected chi connectivity index (χ2v) is 7.08. The van der Waals surface area contributed by atoms with E-state index in [9.17, 15) is 0 Å². The maximum Gasteiger partial charge on any atom is 0.145 e. The highest BCUT2D eigenvalue weighted by Gasteiger charge is 2.11. The highest BCUT2D eigenvalue weighted by atomic mass is 16.5. The molecular weight excluding hydrogens is 346 g/mol. The van der Waals surface area contributed by atoms with Crippen molar-refractivity contribution >= 4 is 32.7 Å². The van der Waals surface area contributed by atoms with Crippen molar-refractivity contribution in [1.29, 1.82) is 0 Å². The lowest BCUT2D eigenvalue weighted by Gasteiger charge is -2.07. The van der Waals surface area contributed by atoms with Crippen molar-refractivity contribution < 1.29 is 4.74 Å². The maximum absolute atomic E-state index is 5.47. The fourth-order valence-electron chi connectivity index (χ4n) is 3.90. The number of hydrogen-bond donors (Lipinski definition) is 0. The maximum atomic E-state index is 5.47. The van der Waals surface area contributed by atoms with Gasteiger partial charge in [-0.3, -0.25) is 0 Å². The van der Waals surface area contributed by atoms with Crippen LogP contribution in [0.2, 0.25) is 0 Å². The lowest BCUT2D eigenvalue weighted by atomic mass is 10.1. The number of imidazole rings is 1. The monoisotopic (exact) mass is 367 g/mol. The van der Waals surface area contributed by atoms with E-state index in [1.807, 2.05) is 12.1 Å². The van der Waals surface area contributed by atoms with Gasteiger partial charge >= 0.3 is 0 Å². The molecule has 0 amide bonds. The van der Waals surface area contributed by atoms with Crippen LogP contribution in [-0.2, 0) is 19.9 Å². The molecule has 5 aromatic rings. The van der Waals surface area contributed by atoms with E-state index in [0.29, 0.717) is 0 Å². The smallest absolute Gasteiger partial charge is 0.145 e. The van der Waals surface area contributed by atoms with Gasteiger partial charge in [0.1, 0.15) is 17.1 Å². The predicted molar refractivity (Wildman–Crippen MR) is 114 cm³/mol. The summed E-state index contributed by atoms with van der Waals surface area (Å²) in [5.74, 6) is 1.89. The van der Waals surface area contributed by atoms with Gasteiger partial charge < -0.3 is 9.30 Å². The molecule has 0 saturated carbocycles. The van der Waals surface area contributed by atoms with Crippen LogP contribution in [0.25, 0.3) is 32.7 Å². The Morgan fingerprint density at radius 1 is 0.786 bits per heavy atom. The number of hydrogen-bond acceptors (Lipinski definition) is 3. The fraction of sp³-hybridized carbons (Fsp3) is 0.167. The molecule has 138 valence electrons. The van der Waals surface area contributed by atoms with Gasteiger partial charge in [0, 0.05) is 29.9 Å². The first-order chi connectivity index (χ1) is 13.7. The second-order valence-electron chi connectivity index (χ2n) is 7.08. The summed E-state index contributed by atoms with van der Waals surface area (Å²) in [5, 5.41) is 3.52. The van der Waals surface area contributed by atoms with Crippen LogP contribution in [0.15, 0.2) is 66.7 Å². The molecule has 0 unspecified atom stereocenters. The van der Waals surface area contributed by atoms with E-state index >= 15 is 0 Å². The molecule has 0 fully saturated rings. The first kappa shape index (κ1) is 16.8. The van der Waals surface area contributed by atoms with E-state index in [0.717, 1.165) is 46.5 Å². The molecule has 4 heteroatoms. The number of aryl methyl sites for hydroxylation is 3. The van der Waals surface area contributed by atoms with Crippen LogP contribution < -0.4 is 4.74 Å². The SMILES string of the molecule is COc1cccc2ccc(CCc3nc4c5ccccc5ccc4n3C)nc12. The molecule has 0 saturated heterocycles. The van der Waals surface area contributed by atoms with Gasteiger partial charge in [0.05, 0.1) is 18.1 Å². The minimum absolute atomic E-state index is 0.813. The Bertz CT molecular complexity index is 1320. The Morgan fingerprint density at radius 3 is 2.50 bits per heavy atom. The third-order valence-electron chi connectivity index (χ3n) is 5.43. The standard InChI is InChI=1S/C24H21N3O/c1-27-20-14-11-16-6-3-4-8-19(16)24(20)26-22(27)15-13-18-12-10-17-7-5-9-21(28-2)23(17)25-18/h3-12,14H,13,15H2,1-2H3. The zero-order valence-corrected chi connectivity index (χ0v) is 16.0. The molecule has 2 heterocycles. The highest BCUT2D eigenvalue weighted by molar-refractivity contribution is 6.04. The van der Waals surface area contributed by atoms with Crippen LogP contribution in [-0.4, -0.2) is 21.6 Å².